The van der Waals surface area contributed by atoms with E-state index in [9.17, 15) is 22.5 Å². The molecule has 1 unspecified atom stereocenters. The molecular weight excluding hydrogens is 300 g/mol. The van der Waals surface area contributed by atoms with Crippen LogP contribution in [0.2, 0.25) is 0 Å². The minimum absolute atomic E-state index is 0.0730. The Morgan fingerprint density at radius 1 is 0.905 bits per heavy atom. The number of alkyl halides is 3. The van der Waals surface area contributed by atoms with Gasteiger partial charge < -0.3 is 4.57 Å². The van der Waals surface area contributed by atoms with Gasteiger partial charge in [-0.3, -0.25) is 4.79 Å². The van der Waals surface area contributed by atoms with E-state index in [1.165, 1.54) is 24.3 Å². The van der Waals surface area contributed by atoms with E-state index < -0.39 is 25.0 Å². The largest absolute Gasteiger partial charge is 0.458 e. The van der Waals surface area contributed by atoms with Gasteiger partial charge in [0, 0.05) is 11.5 Å². The normalized spacial score (nSPS) is 14.4. The summed E-state index contributed by atoms with van der Waals surface area (Å²) in [4.78, 5) is 11.7. The van der Waals surface area contributed by atoms with Gasteiger partial charge in [0.15, 0.2) is 7.14 Å². The quantitative estimate of drug-likeness (QED) is 0.801. The van der Waals surface area contributed by atoms with Crippen LogP contribution in [0.1, 0.15) is 5.56 Å². The van der Waals surface area contributed by atoms with Gasteiger partial charge in [-0.25, -0.2) is 0 Å². The molecule has 0 aliphatic heterocycles. The second kappa shape index (κ2) is 5.86. The highest BCUT2D eigenvalue weighted by atomic mass is 31.2. The fraction of sp³-hybridized carbons (Fsp3) is 0.133. The molecule has 110 valence electrons. The van der Waals surface area contributed by atoms with Crippen LogP contribution in [0.5, 0.6) is 0 Å². The lowest BCUT2D eigenvalue weighted by Gasteiger charge is -2.19. The molecule has 0 amide bonds. The maximum Gasteiger partial charge on any atom is 0.458 e. The molecule has 2 aromatic rings. The van der Waals surface area contributed by atoms with Crippen molar-refractivity contribution < 1.29 is 22.5 Å². The number of rotatable bonds is 4. The molecule has 0 fully saturated rings. The van der Waals surface area contributed by atoms with Crippen molar-refractivity contribution in [2.45, 2.75) is 12.3 Å². The van der Waals surface area contributed by atoms with Crippen LogP contribution < -0.4 is 5.30 Å². The lowest BCUT2D eigenvalue weighted by molar-refractivity contribution is -0.161. The molecule has 6 heteroatoms. The molecular formula is C15H12F3O2P. The second-order valence-electron chi connectivity index (χ2n) is 4.52. The molecule has 0 saturated heterocycles. The standard InChI is InChI=1S/C15H12F3O2P/c16-15(17,18)14(19)21(20,13-9-5-2-6-10-13)11-12-7-3-1-4-8-12/h1-10H,11H2. The molecule has 0 aliphatic rings. The average molecular weight is 312 g/mol. The summed E-state index contributed by atoms with van der Waals surface area (Å²) in [5, 5.41) is -0.0730. The number of hydrogen-bond acceptors (Lipinski definition) is 2. The molecule has 0 aliphatic carbocycles. The Morgan fingerprint density at radius 2 is 1.38 bits per heavy atom. The van der Waals surface area contributed by atoms with Crippen molar-refractivity contribution in [3.8, 4) is 0 Å². The molecule has 0 heterocycles. The van der Waals surface area contributed by atoms with Crippen LogP contribution >= 0.6 is 7.14 Å². The number of carbonyl (C=O) groups excluding carboxylic acids is 1. The van der Waals surface area contributed by atoms with E-state index in [1.54, 1.807) is 36.4 Å². The molecule has 1 atom stereocenters. The van der Waals surface area contributed by atoms with Crippen molar-refractivity contribution in [2.75, 3.05) is 0 Å². The number of halogens is 3. The van der Waals surface area contributed by atoms with Crippen molar-refractivity contribution >= 4 is 18.0 Å². The van der Waals surface area contributed by atoms with Crippen molar-refractivity contribution in [2.24, 2.45) is 0 Å². The highest BCUT2D eigenvalue weighted by Gasteiger charge is 2.51. The van der Waals surface area contributed by atoms with Crippen LogP contribution in [0, 0.1) is 0 Å². The smallest absolute Gasteiger partial charge is 0.310 e. The van der Waals surface area contributed by atoms with E-state index in [4.69, 9.17) is 0 Å². The van der Waals surface area contributed by atoms with Gasteiger partial charge in [0.2, 0.25) is 0 Å². The SMILES string of the molecule is O=C(C(F)(F)F)P(=O)(Cc1ccccc1)c1ccccc1. The van der Waals surface area contributed by atoms with Gasteiger partial charge in [0.1, 0.15) is 0 Å². The molecule has 0 saturated carbocycles. The van der Waals surface area contributed by atoms with Gasteiger partial charge in [0.25, 0.3) is 5.52 Å². The van der Waals surface area contributed by atoms with Crippen molar-refractivity contribution in [1.29, 1.82) is 0 Å². The lowest BCUT2D eigenvalue weighted by Crippen LogP contribution is -2.28. The van der Waals surface area contributed by atoms with Crippen molar-refractivity contribution in [3.63, 3.8) is 0 Å². The number of benzene rings is 2. The summed E-state index contributed by atoms with van der Waals surface area (Å²) in [5.41, 5.74) is -1.73. The summed E-state index contributed by atoms with van der Waals surface area (Å²) in [7, 11) is -4.27. The predicted octanol–water partition coefficient (Wildman–Crippen LogP) is 3.96. The maximum atomic E-state index is 12.9. The highest BCUT2D eigenvalue weighted by Crippen LogP contribution is 2.53. The zero-order chi connectivity index (χ0) is 15.5. The number of hydrogen-bond donors (Lipinski definition) is 0. The molecule has 21 heavy (non-hydrogen) atoms. The van der Waals surface area contributed by atoms with Crippen LogP contribution in [-0.4, -0.2) is 11.7 Å². The average Bonchev–Trinajstić information content (AvgIpc) is 2.47. The number of carbonyl (C=O) groups is 1. The minimum Gasteiger partial charge on any atom is -0.310 e. The van der Waals surface area contributed by atoms with E-state index in [0.717, 1.165) is 0 Å². The third-order valence-electron chi connectivity index (χ3n) is 2.99. The summed E-state index contributed by atoms with van der Waals surface area (Å²) in [6.45, 7) is 0. The molecule has 0 radical (unpaired) electrons. The van der Waals surface area contributed by atoms with Gasteiger partial charge >= 0.3 is 6.18 Å². The Kier molecular flexibility index (Phi) is 4.33. The lowest BCUT2D eigenvalue weighted by atomic mass is 10.2. The van der Waals surface area contributed by atoms with E-state index in [-0.39, 0.29) is 5.30 Å². The third kappa shape index (κ3) is 3.42. The molecule has 0 spiro atoms. The molecule has 2 aromatic carbocycles. The molecule has 2 rings (SSSR count). The fourth-order valence-corrected chi connectivity index (χ4v) is 4.34. The second-order valence-corrected chi connectivity index (χ2v) is 7.24. The Balaban J connectivity index is 2.50. The summed E-state index contributed by atoms with van der Waals surface area (Å²) in [6.07, 6.45) is -5.56. The Bertz CT molecular complexity index is 666. The van der Waals surface area contributed by atoms with E-state index in [0.29, 0.717) is 5.56 Å². The first-order valence-corrected chi connectivity index (χ1v) is 8.03. The summed E-state index contributed by atoms with van der Waals surface area (Å²) in [6, 6.07) is 15.2. The van der Waals surface area contributed by atoms with Crippen LogP contribution in [0.4, 0.5) is 13.2 Å². The van der Waals surface area contributed by atoms with Crippen LogP contribution in [0.25, 0.3) is 0 Å². The van der Waals surface area contributed by atoms with Crippen molar-refractivity contribution in [1.82, 2.24) is 0 Å². The van der Waals surface area contributed by atoms with E-state index in [2.05, 4.69) is 0 Å². The maximum absolute atomic E-state index is 12.9. The van der Waals surface area contributed by atoms with Gasteiger partial charge in [-0.05, 0) is 5.56 Å². The summed E-state index contributed by atoms with van der Waals surface area (Å²) < 4.78 is 51.3. The van der Waals surface area contributed by atoms with Crippen LogP contribution in [0.3, 0.4) is 0 Å². The predicted molar refractivity (Wildman–Crippen MR) is 74.9 cm³/mol. The van der Waals surface area contributed by atoms with Gasteiger partial charge in [-0.2, -0.15) is 13.2 Å². The van der Waals surface area contributed by atoms with Gasteiger partial charge in [0.05, 0.1) is 0 Å². The Morgan fingerprint density at radius 3 is 1.86 bits per heavy atom. The third-order valence-corrected chi connectivity index (χ3v) is 5.84. The topological polar surface area (TPSA) is 34.1 Å². The monoisotopic (exact) mass is 312 g/mol. The molecule has 0 N–H and O–H groups in total. The zero-order valence-corrected chi connectivity index (χ0v) is 11.8. The highest BCUT2D eigenvalue weighted by molar-refractivity contribution is 7.86. The molecule has 2 nitrogen and oxygen atoms in total. The Hall–Kier alpha value is -1.87. The van der Waals surface area contributed by atoms with Crippen LogP contribution in [0.15, 0.2) is 60.7 Å². The first-order chi connectivity index (χ1) is 9.84. The summed E-state index contributed by atoms with van der Waals surface area (Å²) in [5.74, 6) is 0. The Labute approximate surface area is 120 Å². The first kappa shape index (κ1) is 15.5. The molecule has 0 aromatic heterocycles. The van der Waals surface area contributed by atoms with E-state index >= 15 is 0 Å². The molecule has 0 bridgehead atoms. The van der Waals surface area contributed by atoms with Gasteiger partial charge in [-0.15, -0.1) is 0 Å². The van der Waals surface area contributed by atoms with Gasteiger partial charge in [-0.1, -0.05) is 60.7 Å². The zero-order valence-electron chi connectivity index (χ0n) is 10.9. The summed E-state index contributed by atoms with van der Waals surface area (Å²) >= 11 is 0. The van der Waals surface area contributed by atoms with Crippen molar-refractivity contribution in [3.05, 3.63) is 66.2 Å². The fourth-order valence-electron chi connectivity index (χ4n) is 1.99. The minimum atomic E-state index is -5.12. The van der Waals surface area contributed by atoms with Crippen LogP contribution in [-0.2, 0) is 15.5 Å². The van der Waals surface area contributed by atoms with E-state index in [1.807, 2.05) is 0 Å². The first-order valence-electron chi connectivity index (χ1n) is 6.14.